The smallest absolute Gasteiger partial charge is 0.265 e. The van der Waals surface area contributed by atoms with E-state index in [1.165, 1.54) is 11.3 Å². The van der Waals surface area contributed by atoms with Crippen molar-refractivity contribution in [1.82, 2.24) is 9.78 Å². The summed E-state index contributed by atoms with van der Waals surface area (Å²) in [4.78, 5) is 14.4. The zero-order chi connectivity index (χ0) is 21.3. The molecule has 0 atom stereocenters. The standard InChI is InChI=1S/C22H20ClN3O3S/c1-13-16-11-20(21(27)24-18-10-15(28-2)8-9-19(18)29-3)30-22(16)26(25-13)12-14-6-4-5-7-17(14)23/h4-11H,12H2,1-3H3,(H,24,27). The van der Waals surface area contributed by atoms with Gasteiger partial charge >= 0.3 is 0 Å². The molecule has 0 fully saturated rings. The van der Waals surface area contributed by atoms with Crippen LogP contribution < -0.4 is 14.8 Å². The van der Waals surface area contributed by atoms with Gasteiger partial charge in [-0.3, -0.25) is 9.48 Å². The maximum absolute atomic E-state index is 12.9. The summed E-state index contributed by atoms with van der Waals surface area (Å²) in [6.07, 6.45) is 0. The largest absolute Gasteiger partial charge is 0.497 e. The number of halogens is 1. The van der Waals surface area contributed by atoms with Crippen LogP contribution in [0.15, 0.2) is 48.5 Å². The van der Waals surface area contributed by atoms with Gasteiger partial charge in [0.25, 0.3) is 5.91 Å². The quantitative estimate of drug-likeness (QED) is 0.436. The van der Waals surface area contributed by atoms with Gasteiger partial charge in [0.05, 0.1) is 37.0 Å². The zero-order valence-electron chi connectivity index (χ0n) is 16.7. The van der Waals surface area contributed by atoms with Crippen LogP contribution >= 0.6 is 22.9 Å². The Hall–Kier alpha value is -3.03. The number of benzene rings is 2. The van der Waals surface area contributed by atoms with Crippen LogP contribution in [0.25, 0.3) is 10.2 Å². The van der Waals surface area contributed by atoms with E-state index in [4.69, 9.17) is 21.1 Å². The van der Waals surface area contributed by atoms with Crippen molar-refractivity contribution in [3.05, 3.63) is 69.7 Å². The lowest BCUT2D eigenvalue weighted by Crippen LogP contribution is -2.11. The SMILES string of the molecule is COc1ccc(OC)c(NC(=O)c2cc3c(C)nn(Cc4ccccc4Cl)c3s2)c1. The Kier molecular flexibility index (Phi) is 5.65. The van der Waals surface area contributed by atoms with Gasteiger partial charge in [-0.05, 0) is 36.8 Å². The third-order valence-electron chi connectivity index (χ3n) is 4.76. The molecule has 8 heteroatoms. The number of fused-ring (bicyclic) bond motifs is 1. The summed E-state index contributed by atoms with van der Waals surface area (Å²) in [5.41, 5.74) is 2.39. The summed E-state index contributed by atoms with van der Waals surface area (Å²) in [6.45, 7) is 2.47. The number of hydrogen-bond donors (Lipinski definition) is 1. The van der Waals surface area contributed by atoms with Crippen molar-refractivity contribution in [3.8, 4) is 11.5 Å². The average molecular weight is 442 g/mol. The first-order valence-electron chi connectivity index (χ1n) is 9.24. The zero-order valence-corrected chi connectivity index (χ0v) is 18.3. The van der Waals surface area contributed by atoms with Gasteiger partial charge in [0.1, 0.15) is 16.3 Å². The van der Waals surface area contributed by atoms with E-state index in [0.29, 0.717) is 33.6 Å². The molecule has 0 unspecified atom stereocenters. The number of amides is 1. The fourth-order valence-electron chi connectivity index (χ4n) is 3.22. The molecule has 4 rings (SSSR count). The molecule has 0 bridgehead atoms. The first-order chi connectivity index (χ1) is 14.5. The number of ether oxygens (including phenoxy) is 2. The van der Waals surface area contributed by atoms with E-state index in [1.807, 2.05) is 41.9 Å². The Bertz CT molecular complexity index is 1230. The highest BCUT2D eigenvalue weighted by Gasteiger charge is 2.18. The minimum Gasteiger partial charge on any atom is -0.497 e. The third-order valence-corrected chi connectivity index (χ3v) is 6.28. The molecule has 1 N–H and O–H groups in total. The summed E-state index contributed by atoms with van der Waals surface area (Å²) in [6, 6.07) is 14.8. The predicted molar refractivity (Wildman–Crippen MR) is 120 cm³/mol. The van der Waals surface area contributed by atoms with E-state index in [0.717, 1.165) is 21.5 Å². The lowest BCUT2D eigenvalue weighted by Gasteiger charge is -2.11. The number of aryl methyl sites for hydroxylation is 1. The molecule has 2 aromatic heterocycles. The Morgan fingerprint density at radius 2 is 1.97 bits per heavy atom. The fourth-order valence-corrected chi connectivity index (χ4v) is 4.47. The van der Waals surface area contributed by atoms with Crippen molar-refractivity contribution in [2.24, 2.45) is 0 Å². The fraction of sp³-hybridized carbons (Fsp3) is 0.182. The number of anilines is 1. The van der Waals surface area contributed by atoms with Gasteiger partial charge in [-0.25, -0.2) is 0 Å². The molecule has 4 aromatic rings. The highest BCUT2D eigenvalue weighted by Crippen LogP contribution is 2.32. The lowest BCUT2D eigenvalue weighted by molar-refractivity contribution is 0.103. The van der Waals surface area contributed by atoms with E-state index in [-0.39, 0.29) is 5.91 Å². The Morgan fingerprint density at radius 3 is 2.70 bits per heavy atom. The first kappa shape index (κ1) is 20.3. The highest BCUT2D eigenvalue weighted by atomic mass is 35.5. The molecule has 2 aromatic carbocycles. The second-order valence-electron chi connectivity index (χ2n) is 6.68. The summed E-state index contributed by atoms with van der Waals surface area (Å²) >= 11 is 7.70. The predicted octanol–water partition coefficient (Wildman–Crippen LogP) is 5.38. The molecule has 1 amide bonds. The highest BCUT2D eigenvalue weighted by molar-refractivity contribution is 7.20. The number of nitrogens with one attached hydrogen (secondary N) is 1. The van der Waals surface area contributed by atoms with Gasteiger partial charge in [0, 0.05) is 16.5 Å². The van der Waals surface area contributed by atoms with Gasteiger partial charge in [0.2, 0.25) is 0 Å². The van der Waals surface area contributed by atoms with Crippen LogP contribution in [-0.2, 0) is 6.54 Å². The third kappa shape index (κ3) is 3.86. The van der Waals surface area contributed by atoms with E-state index in [9.17, 15) is 4.79 Å². The normalized spacial score (nSPS) is 10.9. The molecule has 0 saturated carbocycles. The number of aromatic nitrogens is 2. The number of methoxy groups -OCH3 is 2. The minimum absolute atomic E-state index is 0.216. The summed E-state index contributed by atoms with van der Waals surface area (Å²) < 4.78 is 12.5. The van der Waals surface area contributed by atoms with Crippen molar-refractivity contribution in [3.63, 3.8) is 0 Å². The van der Waals surface area contributed by atoms with E-state index in [2.05, 4.69) is 10.4 Å². The molecule has 0 aliphatic heterocycles. The van der Waals surface area contributed by atoms with Gasteiger partial charge in [-0.1, -0.05) is 29.8 Å². The van der Waals surface area contributed by atoms with Crippen molar-refractivity contribution >= 4 is 44.7 Å². The topological polar surface area (TPSA) is 65.4 Å². The number of rotatable bonds is 6. The van der Waals surface area contributed by atoms with Gasteiger partial charge in [0.15, 0.2) is 0 Å². The maximum atomic E-state index is 12.9. The van der Waals surface area contributed by atoms with Gasteiger partial charge in [-0.15, -0.1) is 11.3 Å². The number of thiophene rings is 1. The van der Waals surface area contributed by atoms with Gasteiger partial charge < -0.3 is 14.8 Å². The second kappa shape index (κ2) is 8.38. The monoisotopic (exact) mass is 441 g/mol. The summed E-state index contributed by atoms with van der Waals surface area (Å²) in [5.74, 6) is 0.978. The van der Waals surface area contributed by atoms with Crippen molar-refractivity contribution < 1.29 is 14.3 Å². The lowest BCUT2D eigenvalue weighted by atomic mass is 10.2. The molecule has 30 heavy (non-hydrogen) atoms. The Balaban J connectivity index is 1.64. The number of carbonyl (C=O) groups is 1. The van der Waals surface area contributed by atoms with Gasteiger partial charge in [-0.2, -0.15) is 5.10 Å². The summed E-state index contributed by atoms with van der Waals surface area (Å²) in [5, 5.41) is 9.18. The Labute approximate surface area is 183 Å². The van der Waals surface area contributed by atoms with E-state index in [1.54, 1.807) is 32.4 Å². The molecule has 0 saturated heterocycles. The van der Waals surface area contributed by atoms with Crippen LogP contribution in [0.2, 0.25) is 5.02 Å². The van der Waals surface area contributed by atoms with Crippen molar-refractivity contribution in [1.29, 1.82) is 0 Å². The molecule has 0 spiro atoms. The first-order valence-corrected chi connectivity index (χ1v) is 10.4. The van der Waals surface area contributed by atoms with Crippen LogP contribution in [0.4, 0.5) is 5.69 Å². The molecular formula is C22H20ClN3O3S. The molecule has 0 aliphatic carbocycles. The number of hydrogen-bond acceptors (Lipinski definition) is 5. The van der Waals surface area contributed by atoms with Crippen molar-refractivity contribution in [2.75, 3.05) is 19.5 Å². The van der Waals surface area contributed by atoms with E-state index >= 15 is 0 Å². The summed E-state index contributed by atoms with van der Waals surface area (Å²) in [7, 11) is 3.14. The Morgan fingerprint density at radius 1 is 1.17 bits per heavy atom. The van der Waals surface area contributed by atoms with Crippen LogP contribution in [0.5, 0.6) is 11.5 Å². The molecule has 0 aliphatic rings. The average Bonchev–Trinajstić information content (AvgIpc) is 3.31. The van der Waals surface area contributed by atoms with E-state index < -0.39 is 0 Å². The van der Waals surface area contributed by atoms with Crippen molar-refractivity contribution in [2.45, 2.75) is 13.5 Å². The maximum Gasteiger partial charge on any atom is 0.265 e. The van der Waals surface area contributed by atoms with Crippen LogP contribution in [0, 0.1) is 6.92 Å². The second-order valence-corrected chi connectivity index (χ2v) is 8.12. The molecular weight excluding hydrogens is 422 g/mol. The molecule has 6 nitrogen and oxygen atoms in total. The minimum atomic E-state index is -0.216. The van der Waals surface area contributed by atoms with Crippen LogP contribution in [0.3, 0.4) is 0 Å². The van der Waals surface area contributed by atoms with Crippen LogP contribution in [-0.4, -0.2) is 29.9 Å². The van der Waals surface area contributed by atoms with Crippen LogP contribution in [0.1, 0.15) is 20.9 Å². The number of carbonyl (C=O) groups excluding carboxylic acids is 1. The molecule has 2 heterocycles. The number of nitrogens with zero attached hydrogens (tertiary/aromatic N) is 2. The molecule has 154 valence electrons. The molecule has 0 radical (unpaired) electrons.